The Bertz CT molecular complexity index is 299. The predicted molar refractivity (Wildman–Crippen MR) is 43.4 cm³/mol. The maximum absolute atomic E-state index is 12.6. The average molecular weight is 173 g/mol. The first kappa shape index (κ1) is 8.73. The summed E-state index contributed by atoms with van der Waals surface area (Å²) in [7, 11) is 1.49. The molecule has 0 bridgehead atoms. The van der Waals surface area contributed by atoms with Gasteiger partial charge in [0.25, 0.3) is 0 Å². The predicted octanol–water partition coefficient (Wildman–Crippen LogP) is 0.857. The lowest BCUT2D eigenvalue weighted by Gasteiger charge is -2.14. The Morgan fingerprint density at radius 1 is 1.25 bits per heavy atom. The van der Waals surface area contributed by atoms with Crippen LogP contribution in [0.1, 0.15) is 0 Å². The molecule has 0 saturated carbocycles. The molecular formula is C7H9F2N3. The molecule has 1 rings (SSSR count). The van der Waals surface area contributed by atoms with E-state index in [-0.39, 0.29) is 11.4 Å². The fraction of sp³-hybridized carbons (Fsp3) is 0.143. The van der Waals surface area contributed by atoms with Crippen molar-refractivity contribution in [1.82, 2.24) is 0 Å². The zero-order chi connectivity index (χ0) is 9.30. The van der Waals surface area contributed by atoms with Crippen molar-refractivity contribution in [2.24, 2.45) is 5.84 Å². The molecule has 0 aromatic heterocycles. The lowest BCUT2D eigenvalue weighted by molar-refractivity contribution is 0.509. The number of anilines is 2. The van der Waals surface area contributed by atoms with Gasteiger partial charge in [-0.3, -0.25) is 0 Å². The lowest BCUT2D eigenvalue weighted by Crippen LogP contribution is -2.26. The van der Waals surface area contributed by atoms with Crippen LogP contribution in [-0.2, 0) is 0 Å². The van der Waals surface area contributed by atoms with E-state index >= 15 is 0 Å². The van der Waals surface area contributed by atoms with Crippen LogP contribution >= 0.6 is 0 Å². The van der Waals surface area contributed by atoms with E-state index in [1.807, 2.05) is 0 Å². The van der Waals surface area contributed by atoms with Gasteiger partial charge in [-0.15, -0.1) is 0 Å². The summed E-state index contributed by atoms with van der Waals surface area (Å²) >= 11 is 0. The van der Waals surface area contributed by atoms with E-state index in [0.717, 1.165) is 17.1 Å². The van der Waals surface area contributed by atoms with Crippen LogP contribution in [0.5, 0.6) is 0 Å². The van der Waals surface area contributed by atoms with Crippen LogP contribution in [0, 0.1) is 11.6 Å². The van der Waals surface area contributed by atoms with Gasteiger partial charge in [-0.05, 0) is 0 Å². The van der Waals surface area contributed by atoms with Gasteiger partial charge in [-0.1, -0.05) is 0 Å². The minimum absolute atomic E-state index is 0.110. The molecule has 66 valence electrons. The highest BCUT2D eigenvalue weighted by molar-refractivity contribution is 5.66. The van der Waals surface area contributed by atoms with Crippen molar-refractivity contribution in [1.29, 1.82) is 0 Å². The second kappa shape index (κ2) is 2.94. The Morgan fingerprint density at radius 3 is 2.25 bits per heavy atom. The Kier molecular flexibility index (Phi) is 2.14. The fourth-order valence-corrected chi connectivity index (χ4v) is 0.857. The number of nitrogens with two attached hydrogens (primary N) is 2. The highest BCUT2D eigenvalue weighted by Crippen LogP contribution is 2.23. The number of halogens is 2. The van der Waals surface area contributed by atoms with E-state index in [0.29, 0.717) is 0 Å². The van der Waals surface area contributed by atoms with E-state index < -0.39 is 11.6 Å². The third-order valence-corrected chi connectivity index (χ3v) is 1.45. The molecule has 0 heterocycles. The highest BCUT2D eigenvalue weighted by Gasteiger charge is 2.08. The van der Waals surface area contributed by atoms with Crippen molar-refractivity contribution in [2.75, 3.05) is 17.8 Å². The highest BCUT2D eigenvalue weighted by atomic mass is 19.2. The number of benzene rings is 1. The Morgan fingerprint density at radius 2 is 1.75 bits per heavy atom. The van der Waals surface area contributed by atoms with Gasteiger partial charge in [0.05, 0.1) is 11.4 Å². The van der Waals surface area contributed by atoms with Gasteiger partial charge in [0, 0.05) is 19.2 Å². The SMILES string of the molecule is CN(N)c1cc(F)c(F)cc1N. The first-order valence-electron chi connectivity index (χ1n) is 3.25. The zero-order valence-electron chi connectivity index (χ0n) is 6.51. The molecule has 0 radical (unpaired) electrons. The minimum Gasteiger partial charge on any atom is -0.397 e. The molecule has 5 heteroatoms. The molecule has 1 aromatic rings. The van der Waals surface area contributed by atoms with E-state index in [2.05, 4.69) is 0 Å². The third kappa shape index (κ3) is 1.45. The lowest BCUT2D eigenvalue weighted by atomic mass is 10.2. The standard InChI is InChI=1S/C7H9F2N3/c1-12(11)7-3-5(9)4(8)2-6(7)10/h2-3H,10-11H2,1H3. The first-order chi connectivity index (χ1) is 5.52. The van der Waals surface area contributed by atoms with Crippen LogP contribution in [0.25, 0.3) is 0 Å². The molecule has 0 aliphatic rings. The molecule has 3 nitrogen and oxygen atoms in total. The molecule has 4 N–H and O–H groups in total. The van der Waals surface area contributed by atoms with Crippen LogP contribution in [0.4, 0.5) is 20.2 Å². The number of hydrogen-bond acceptors (Lipinski definition) is 3. The minimum atomic E-state index is -0.974. The molecule has 12 heavy (non-hydrogen) atoms. The van der Waals surface area contributed by atoms with E-state index in [4.69, 9.17) is 11.6 Å². The monoisotopic (exact) mass is 173 g/mol. The van der Waals surface area contributed by atoms with Crippen molar-refractivity contribution in [3.63, 3.8) is 0 Å². The summed E-state index contributed by atoms with van der Waals surface area (Å²) in [4.78, 5) is 0. The summed E-state index contributed by atoms with van der Waals surface area (Å²) in [5, 5.41) is 1.12. The van der Waals surface area contributed by atoms with Crippen molar-refractivity contribution in [3.8, 4) is 0 Å². The third-order valence-electron chi connectivity index (χ3n) is 1.45. The first-order valence-corrected chi connectivity index (χ1v) is 3.25. The van der Waals surface area contributed by atoms with Crippen LogP contribution in [0.15, 0.2) is 12.1 Å². The summed E-state index contributed by atoms with van der Waals surface area (Å²) < 4.78 is 25.1. The molecule has 1 aromatic carbocycles. The van der Waals surface area contributed by atoms with E-state index in [1.54, 1.807) is 0 Å². The summed E-state index contributed by atoms with van der Waals surface area (Å²) in [6.07, 6.45) is 0. The van der Waals surface area contributed by atoms with Gasteiger partial charge in [0.15, 0.2) is 11.6 Å². The van der Waals surface area contributed by atoms with Gasteiger partial charge in [0.1, 0.15) is 0 Å². The zero-order valence-corrected chi connectivity index (χ0v) is 6.51. The number of nitrogens with zero attached hydrogens (tertiary/aromatic N) is 1. The van der Waals surface area contributed by atoms with Gasteiger partial charge in [-0.2, -0.15) is 0 Å². The summed E-state index contributed by atoms with van der Waals surface area (Å²) in [6.45, 7) is 0. The Hall–Kier alpha value is -1.36. The molecular weight excluding hydrogens is 164 g/mol. The smallest absolute Gasteiger partial charge is 0.161 e. The van der Waals surface area contributed by atoms with Crippen LogP contribution in [0.3, 0.4) is 0 Å². The second-order valence-electron chi connectivity index (χ2n) is 2.44. The van der Waals surface area contributed by atoms with E-state index in [9.17, 15) is 8.78 Å². The molecule has 0 fully saturated rings. The summed E-state index contributed by atoms with van der Waals surface area (Å²) in [5.41, 5.74) is 5.73. The number of hydrogen-bond donors (Lipinski definition) is 2. The number of hydrazine groups is 1. The molecule has 0 atom stereocenters. The van der Waals surface area contributed by atoms with E-state index in [1.165, 1.54) is 7.05 Å². The van der Waals surface area contributed by atoms with Crippen molar-refractivity contribution in [2.45, 2.75) is 0 Å². The topological polar surface area (TPSA) is 55.3 Å². The Balaban J connectivity index is 3.23. The normalized spacial score (nSPS) is 10.0. The van der Waals surface area contributed by atoms with Gasteiger partial charge >= 0.3 is 0 Å². The fourth-order valence-electron chi connectivity index (χ4n) is 0.857. The number of rotatable bonds is 1. The van der Waals surface area contributed by atoms with Crippen molar-refractivity contribution >= 4 is 11.4 Å². The quantitative estimate of drug-likeness (QED) is 0.376. The summed E-state index contributed by atoms with van der Waals surface area (Å²) in [5.74, 6) is 3.36. The van der Waals surface area contributed by atoms with Crippen molar-refractivity contribution in [3.05, 3.63) is 23.8 Å². The average Bonchev–Trinajstić information content (AvgIpc) is 1.96. The molecule has 0 aliphatic heterocycles. The van der Waals surface area contributed by atoms with Gasteiger partial charge in [0.2, 0.25) is 0 Å². The maximum Gasteiger partial charge on any atom is 0.161 e. The van der Waals surface area contributed by atoms with Crippen molar-refractivity contribution < 1.29 is 8.78 Å². The van der Waals surface area contributed by atoms with Gasteiger partial charge < -0.3 is 10.7 Å². The van der Waals surface area contributed by atoms with Crippen LogP contribution < -0.4 is 16.6 Å². The second-order valence-corrected chi connectivity index (χ2v) is 2.44. The largest absolute Gasteiger partial charge is 0.397 e. The molecule has 0 saturated heterocycles. The number of nitrogen functional groups attached to an aromatic ring is 1. The molecule has 0 spiro atoms. The van der Waals surface area contributed by atoms with Crippen LogP contribution in [0.2, 0.25) is 0 Å². The van der Waals surface area contributed by atoms with Crippen LogP contribution in [-0.4, -0.2) is 7.05 Å². The maximum atomic E-state index is 12.6. The van der Waals surface area contributed by atoms with Gasteiger partial charge in [-0.25, -0.2) is 14.6 Å². The molecule has 0 amide bonds. The molecule has 0 unspecified atom stereocenters. The summed E-state index contributed by atoms with van der Waals surface area (Å²) in [6, 6.07) is 1.85. The Labute approximate surface area is 68.5 Å². The molecule has 0 aliphatic carbocycles.